The minimum atomic E-state index is 0.221. The van der Waals surface area contributed by atoms with Gasteiger partial charge in [0.2, 0.25) is 0 Å². The van der Waals surface area contributed by atoms with Crippen molar-refractivity contribution in [2.45, 2.75) is 52.1 Å². The van der Waals surface area contributed by atoms with Crippen LogP contribution in [0, 0.1) is 0 Å². The topological polar surface area (TPSA) is 24.5 Å². The summed E-state index contributed by atoms with van der Waals surface area (Å²) >= 11 is 0. The number of nitrogens with one attached hydrogen (secondary N) is 1. The molecule has 1 aliphatic rings. The second-order valence-electron chi connectivity index (χ2n) is 7.57. The van der Waals surface area contributed by atoms with Gasteiger partial charge in [-0.3, -0.25) is 4.90 Å². The van der Waals surface area contributed by atoms with Crippen LogP contribution in [0.4, 0.5) is 0 Å². The van der Waals surface area contributed by atoms with E-state index in [9.17, 15) is 0 Å². The number of ether oxygens (including phenoxy) is 1. The Morgan fingerprint density at radius 1 is 1.09 bits per heavy atom. The van der Waals surface area contributed by atoms with E-state index < -0.39 is 0 Å². The molecule has 2 atom stereocenters. The number of hydrogen-bond acceptors (Lipinski definition) is 3. The number of benzene rings is 1. The highest BCUT2D eigenvalue weighted by Crippen LogP contribution is 2.24. The fourth-order valence-electron chi connectivity index (χ4n) is 3.02. The number of morpholine rings is 1. The summed E-state index contributed by atoms with van der Waals surface area (Å²) in [5.74, 6) is 0. The maximum atomic E-state index is 5.41. The van der Waals surface area contributed by atoms with E-state index in [4.69, 9.17) is 4.74 Å². The minimum Gasteiger partial charge on any atom is -0.379 e. The normalized spacial score (nSPS) is 19.9. The third-order valence-corrected chi connectivity index (χ3v) is 4.45. The highest BCUT2D eigenvalue weighted by atomic mass is 16.5. The van der Waals surface area contributed by atoms with E-state index in [0.717, 1.165) is 32.8 Å². The molecule has 0 bridgehead atoms. The Morgan fingerprint density at radius 3 is 2.23 bits per heavy atom. The summed E-state index contributed by atoms with van der Waals surface area (Å²) in [6.07, 6.45) is 0. The van der Waals surface area contributed by atoms with E-state index in [1.165, 1.54) is 11.1 Å². The van der Waals surface area contributed by atoms with Crippen LogP contribution in [0.25, 0.3) is 0 Å². The minimum absolute atomic E-state index is 0.221. The predicted octanol–water partition coefficient (Wildman–Crippen LogP) is 3.36. The van der Waals surface area contributed by atoms with Gasteiger partial charge in [0, 0.05) is 31.7 Å². The first-order chi connectivity index (χ1) is 10.4. The van der Waals surface area contributed by atoms with Crippen molar-refractivity contribution < 1.29 is 4.74 Å². The molecular weight excluding hydrogens is 272 g/mol. The molecule has 1 aromatic carbocycles. The van der Waals surface area contributed by atoms with Crippen molar-refractivity contribution in [3.05, 3.63) is 35.4 Å². The van der Waals surface area contributed by atoms with E-state index in [-0.39, 0.29) is 5.41 Å². The summed E-state index contributed by atoms with van der Waals surface area (Å²) in [5, 5.41) is 3.72. The monoisotopic (exact) mass is 304 g/mol. The lowest BCUT2D eigenvalue weighted by atomic mass is 9.86. The van der Waals surface area contributed by atoms with Crippen LogP contribution in [-0.4, -0.2) is 43.8 Å². The Hall–Kier alpha value is -0.900. The highest BCUT2D eigenvalue weighted by molar-refractivity contribution is 5.29. The molecule has 1 aliphatic heterocycles. The lowest BCUT2D eigenvalue weighted by Crippen LogP contribution is -2.44. The van der Waals surface area contributed by atoms with Gasteiger partial charge in [-0.1, -0.05) is 45.0 Å². The van der Waals surface area contributed by atoms with Gasteiger partial charge in [0.15, 0.2) is 0 Å². The first-order valence-electron chi connectivity index (χ1n) is 8.53. The van der Waals surface area contributed by atoms with E-state index in [1.807, 2.05) is 0 Å². The van der Waals surface area contributed by atoms with E-state index in [0.29, 0.717) is 12.1 Å². The molecule has 0 aromatic heterocycles. The van der Waals surface area contributed by atoms with Gasteiger partial charge in [-0.15, -0.1) is 0 Å². The zero-order valence-corrected chi connectivity index (χ0v) is 14.9. The quantitative estimate of drug-likeness (QED) is 0.903. The van der Waals surface area contributed by atoms with Gasteiger partial charge in [0.05, 0.1) is 13.2 Å². The zero-order valence-electron chi connectivity index (χ0n) is 14.9. The van der Waals surface area contributed by atoms with Crippen molar-refractivity contribution in [1.82, 2.24) is 10.2 Å². The first-order valence-corrected chi connectivity index (χ1v) is 8.53. The molecule has 0 amide bonds. The molecule has 1 N–H and O–H groups in total. The van der Waals surface area contributed by atoms with Crippen LogP contribution < -0.4 is 5.32 Å². The van der Waals surface area contributed by atoms with E-state index in [2.05, 4.69) is 69.1 Å². The number of rotatable bonds is 5. The third-order valence-electron chi connectivity index (χ3n) is 4.45. The molecule has 0 spiro atoms. The van der Waals surface area contributed by atoms with Gasteiger partial charge in [0.25, 0.3) is 0 Å². The molecule has 0 radical (unpaired) electrons. The summed E-state index contributed by atoms with van der Waals surface area (Å²) < 4.78 is 5.41. The van der Waals surface area contributed by atoms with E-state index >= 15 is 0 Å². The van der Waals surface area contributed by atoms with Gasteiger partial charge in [0.1, 0.15) is 0 Å². The van der Waals surface area contributed by atoms with Gasteiger partial charge in [-0.05, 0) is 30.4 Å². The average Bonchev–Trinajstić information content (AvgIpc) is 2.47. The van der Waals surface area contributed by atoms with Crippen molar-refractivity contribution in [3.63, 3.8) is 0 Å². The molecule has 1 aromatic rings. The zero-order chi connectivity index (χ0) is 16.2. The van der Waals surface area contributed by atoms with Crippen molar-refractivity contribution >= 4 is 0 Å². The molecule has 22 heavy (non-hydrogen) atoms. The van der Waals surface area contributed by atoms with Crippen molar-refractivity contribution in [3.8, 4) is 0 Å². The molecule has 2 unspecified atom stereocenters. The van der Waals surface area contributed by atoms with Crippen LogP contribution in [0.15, 0.2) is 24.3 Å². The third kappa shape index (κ3) is 5.08. The molecule has 1 heterocycles. The van der Waals surface area contributed by atoms with Gasteiger partial charge in [-0.2, -0.15) is 0 Å². The lowest BCUT2D eigenvalue weighted by molar-refractivity contribution is 0.0339. The molecule has 1 saturated heterocycles. The van der Waals surface area contributed by atoms with Crippen molar-refractivity contribution in [2.24, 2.45) is 0 Å². The molecule has 0 aliphatic carbocycles. The second-order valence-corrected chi connectivity index (χ2v) is 7.57. The smallest absolute Gasteiger partial charge is 0.0594 e. The first kappa shape index (κ1) is 17.5. The Labute approximate surface area is 136 Å². The fraction of sp³-hybridized carbons (Fsp3) is 0.684. The Morgan fingerprint density at radius 2 is 1.68 bits per heavy atom. The average molecular weight is 304 g/mol. The molecular formula is C19H32N2O. The summed E-state index contributed by atoms with van der Waals surface area (Å²) in [4.78, 5) is 2.48. The van der Waals surface area contributed by atoms with Crippen LogP contribution in [-0.2, 0) is 10.2 Å². The van der Waals surface area contributed by atoms with Crippen LogP contribution in [0.1, 0.15) is 51.8 Å². The largest absolute Gasteiger partial charge is 0.379 e. The molecule has 3 heteroatoms. The van der Waals surface area contributed by atoms with Crippen LogP contribution in [0.2, 0.25) is 0 Å². The van der Waals surface area contributed by atoms with Crippen LogP contribution >= 0.6 is 0 Å². The highest BCUT2D eigenvalue weighted by Gasteiger charge is 2.17. The SMILES string of the molecule is CC(CN1CCOCC1)NC(C)c1ccc(C(C)(C)C)cc1. The van der Waals surface area contributed by atoms with E-state index in [1.54, 1.807) is 0 Å². The Kier molecular flexibility index (Phi) is 6.01. The van der Waals surface area contributed by atoms with Crippen LogP contribution in [0.5, 0.6) is 0 Å². The number of hydrogen-bond donors (Lipinski definition) is 1. The summed E-state index contributed by atoms with van der Waals surface area (Å²) in [7, 11) is 0. The maximum Gasteiger partial charge on any atom is 0.0594 e. The molecule has 1 fully saturated rings. The number of nitrogens with zero attached hydrogens (tertiary/aromatic N) is 1. The molecule has 0 saturated carbocycles. The lowest BCUT2D eigenvalue weighted by Gasteiger charge is -2.31. The van der Waals surface area contributed by atoms with Crippen molar-refractivity contribution in [2.75, 3.05) is 32.8 Å². The Bertz CT molecular complexity index is 443. The van der Waals surface area contributed by atoms with Gasteiger partial charge < -0.3 is 10.1 Å². The second kappa shape index (κ2) is 7.58. The standard InChI is InChI=1S/C19H32N2O/c1-15(14-21-10-12-22-13-11-21)20-16(2)17-6-8-18(9-7-17)19(3,4)5/h6-9,15-16,20H,10-14H2,1-5H3. The molecule has 2 rings (SSSR count). The fourth-order valence-corrected chi connectivity index (χ4v) is 3.02. The maximum absolute atomic E-state index is 5.41. The summed E-state index contributed by atoms with van der Waals surface area (Å²) in [5.41, 5.74) is 2.98. The summed E-state index contributed by atoms with van der Waals surface area (Å²) in [6, 6.07) is 9.92. The van der Waals surface area contributed by atoms with Gasteiger partial charge in [-0.25, -0.2) is 0 Å². The van der Waals surface area contributed by atoms with Crippen LogP contribution in [0.3, 0.4) is 0 Å². The Balaban J connectivity index is 1.86. The molecule has 124 valence electrons. The molecule has 3 nitrogen and oxygen atoms in total. The predicted molar refractivity (Wildman–Crippen MR) is 93.4 cm³/mol. The van der Waals surface area contributed by atoms with Gasteiger partial charge >= 0.3 is 0 Å². The summed E-state index contributed by atoms with van der Waals surface area (Å²) in [6.45, 7) is 16.2. The van der Waals surface area contributed by atoms with Crippen molar-refractivity contribution in [1.29, 1.82) is 0 Å².